The number of nitrogens with two attached hydrogens (primary N) is 1. The predicted molar refractivity (Wildman–Crippen MR) is 91.2 cm³/mol. The van der Waals surface area contributed by atoms with E-state index in [1.807, 2.05) is 0 Å². The number of likely N-dealkylation sites (tertiary alicyclic amines) is 1. The first-order valence-electron chi connectivity index (χ1n) is 9.60. The van der Waals surface area contributed by atoms with Crippen molar-refractivity contribution in [1.29, 1.82) is 0 Å². The molecule has 0 aromatic carbocycles. The molecule has 132 valence electrons. The Labute approximate surface area is 140 Å². The highest BCUT2D eigenvalue weighted by Gasteiger charge is 2.36. The first-order chi connectivity index (χ1) is 11.2. The number of hydrogen-bond acceptors (Lipinski definition) is 5. The molecule has 0 radical (unpaired) electrons. The predicted octanol–water partition coefficient (Wildman–Crippen LogP) is 1.61. The Morgan fingerprint density at radius 1 is 1.00 bits per heavy atom. The van der Waals surface area contributed by atoms with Gasteiger partial charge in [-0.3, -0.25) is 9.69 Å². The molecule has 0 aromatic heterocycles. The standard InChI is InChI=1S/C18H33N3O2/c19-16-7-12-20(13-8-16)9-3-1-2-4-18(22)23-17-14-21-10-5-15(17)6-11-21/h15-17H,1-14,19H2/t17-/m0/s1. The van der Waals surface area contributed by atoms with Crippen LogP contribution in [0, 0.1) is 5.92 Å². The van der Waals surface area contributed by atoms with Crippen LogP contribution in [0.4, 0.5) is 0 Å². The van der Waals surface area contributed by atoms with E-state index in [-0.39, 0.29) is 12.1 Å². The summed E-state index contributed by atoms with van der Waals surface area (Å²) < 4.78 is 5.73. The molecule has 4 saturated heterocycles. The fourth-order valence-corrected chi connectivity index (χ4v) is 4.23. The Morgan fingerprint density at radius 2 is 1.74 bits per heavy atom. The SMILES string of the molecule is NC1CCN(CCCCCC(=O)O[C@H]2CN3CCC2CC3)CC1. The van der Waals surface area contributed by atoms with Gasteiger partial charge in [-0.2, -0.15) is 0 Å². The van der Waals surface area contributed by atoms with Gasteiger partial charge in [0.2, 0.25) is 0 Å². The van der Waals surface area contributed by atoms with Crippen LogP contribution in [0.25, 0.3) is 0 Å². The summed E-state index contributed by atoms with van der Waals surface area (Å²) in [4.78, 5) is 17.0. The number of ether oxygens (including phenoxy) is 1. The highest BCUT2D eigenvalue weighted by atomic mass is 16.5. The molecule has 2 bridgehead atoms. The summed E-state index contributed by atoms with van der Waals surface area (Å²) in [5.41, 5.74) is 5.92. The summed E-state index contributed by atoms with van der Waals surface area (Å²) in [5.74, 6) is 0.641. The number of fused-ring (bicyclic) bond motifs is 3. The van der Waals surface area contributed by atoms with E-state index in [1.54, 1.807) is 0 Å². The first-order valence-corrected chi connectivity index (χ1v) is 9.60. The maximum absolute atomic E-state index is 12.0. The van der Waals surface area contributed by atoms with E-state index in [0.717, 1.165) is 51.9 Å². The van der Waals surface area contributed by atoms with E-state index in [4.69, 9.17) is 10.5 Å². The summed E-state index contributed by atoms with van der Waals surface area (Å²) in [7, 11) is 0. The first kappa shape index (κ1) is 17.2. The van der Waals surface area contributed by atoms with Gasteiger partial charge < -0.3 is 15.4 Å². The highest BCUT2D eigenvalue weighted by Crippen LogP contribution is 2.29. The molecular formula is C18H33N3O2. The Kier molecular flexibility index (Phi) is 6.31. The molecule has 0 amide bonds. The van der Waals surface area contributed by atoms with Gasteiger partial charge in [0.1, 0.15) is 6.10 Å². The minimum absolute atomic E-state index is 0.0210. The fraction of sp³-hybridized carbons (Fsp3) is 0.944. The highest BCUT2D eigenvalue weighted by molar-refractivity contribution is 5.69. The number of carbonyl (C=O) groups is 1. The molecule has 4 heterocycles. The smallest absolute Gasteiger partial charge is 0.306 e. The molecule has 4 aliphatic rings. The van der Waals surface area contributed by atoms with Gasteiger partial charge in [0.05, 0.1) is 0 Å². The lowest BCUT2D eigenvalue weighted by atomic mass is 9.86. The average Bonchev–Trinajstić information content (AvgIpc) is 2.57. The van der Waals surface area contributed by atoms with E-state index in [0.29, 0.717) is 18.4 Å². The topological polar surface area (TPSA) is 58.8 Å². The molecule has 5 nitrogen and oxygen atoms in total. The summed E-state index contributed by atoms with van der Waals surface area (Å²) in [6, 6.07) is 0.410. The summed E-state index contributed by atoms with van der Waals surface area (Å²) >= 11 is 0. The van der Waals surface area contributed by atoms with Crippen LogP contribution in [0.3, 0.4) is 0 Å². The Morgan fingerprint density at radius 3 is 2.39 bits per heavy atom. The minimum Gasteiger partial charge on any atom is -0.461 e. The Balaban J connectivity index is 1.22. The number of hydrogen-bond donors (Lipinski definition) is 1. The maximum Gasteiger partial charge on any atom is 0.306 e. The van der Waals surface area contributed by atoms with Crippen molar-refractivity contribution in [1.82, 2.24) is 9.80 Å². The zero-order valence-electron chi connectivity index (χ0n) is 14.4. The molecule has 4 fully saturated rings. The summed E-state index contributed by atoms with van der Waals surface area (Å²) in [5, 5.41) is 0. The van der Waals surface area contributed by atoms with E-state index >= 15 is 0 Å². The van der Waals surface area contributed by atoms with Gasteiger partial charge in [0.15, 0.2) is 0 Å². The molecule has 4 aliphatic heterocycles. The van der Waals surface area contributed by atoms with Gasteiger partial charge in [0, 0.05) is 19.0 Å². The van der Waals surface area contributed by atoms with Crippen LogP contribution in [0.2, 0.25) is 0 Å². The van der Waals surface area contributed by atoms with E-state index < -0.39 is 0 Å². The van der Waals surface area contributed by atoms with E-state index in [1.165, 1.54) is 32.4 Å². The number of rotatable bonds is 7. The zero-order valence-corrected chi connectivity index (χ0v) is 14.4. The monoisotopic (exact) mass is 323 g/mol. The van der Waals surface area contributed by atoms with Gasteiger partial charge >= 0.3 is 5.97 Å². The van der Waals surface area contributed by atoms with Crippen molar-refractivity contribution in [3.05, 3.63) is 0 Å². The van der Waals surface area contributed by atoms with Gasteiger partial charge in [0.25, 0.3) is 0 Å². The molecule has 23 heavy (non-hydrogen) atoms. The average molecular weight is 323 g/mol. The van der Waals surface area contributed by atoms with Crippen LogP contribution in [-0.2, 0) is 9.53 Å². The molecule has 2 N–H and O–H groups in total. The lowest BCUT2D eigenvalue weighted by Gasteiger charge is -2.43. The number of carbonyl (C=O) groups excluding carboxylic acids is 1. The van der Waals surface area contributed by atoms with Gasteiger partial charge in [-0.15, -0.1) is 0 Å². The van der Waals surface area contributed by atoms with Crippen molar-refractivity contribution in [3.63, 3.8) is 0 Å². The van der Waals surface area contributed by atoms with E-state index in [2.05, 4.69) is 9.80 Å². The maximum atomic E-state index is 12.0. The molecule has 5 heteroatoms. The Hall–Kier alpha value is -0.650. The van der Waals surface area contributed by atoms with Crippen LogP contribution in [0.1, 0.15) is 51.4 Å². The van der Waals surface area contributed by atoms with Gasteiger partial charge in [-0.1, -0.05) is 6.42 Å². The van der Waals surface area contributed by atoms with Crippen molar-refractivity contribution in [3.8, 4) is 0 Å². The molecule has 0 saturated carbocycles. The van der Waals surface area contributed by atoms with Crippen LogP contribution in [-0.4, -0.2) is 67.2 Å². The van der Waals surface area contributed by atoms with Crippen LogP contribution in [0.15, 0.2) is 0 Å². The van der Waals surface area contributed by atoms with Crippen molar-refractivity contribution in [2.24, 2.45) is 11.7 Å². The fourth-order valence-electron chi connectivity index (χ4n) is 4.23. The van der Waals surface area contributed by atoms with Gasteiger partial charge in [-0.05, 0) is 77.2 Å². The second-order valence-corrected chi connectivity index (χ2v) is 7.66. The second-order valence-electron chi connectivity index (χ2n) is 7.66. The molecule has 1 atom stereocenters. The Bertz CT molecular complexity index is 374. The molecule has 0 spiro atoms. The minimum atomic E-state index is 0.0210. The molecule has 4 rings (SSSR count). The van der Waals surface area contributed by atoms with Crippen molar-refractivity contribution in [2.45, 2.75) is 63.5 Å². The molecule has 0 aromatic rings. The third-order valence-corrected chi connectivity index (χ3v) is 5.87. The number of nitrogens with zero attached hydrogens (tertiary/aromatic N) is 2. The molecular weight excluding hydrogens is 290 g/mol. The molecule has 0 unspecified atom stereocenters. The molecule has 0 aliphatic carbocycles. The lowest BCUT2D eigenvalue weighted by molar-refractivity contribution is -0.158. The number of esters is 1. The second kappa shape index (κ2) is 8.45. The van der Waals surface area contributed by atoms with Crippen molar-refractivity contribution < 1.29 is 9.53 Å². The lowest BCUT2D eigenvalue weighted by Crippen LogP contribution is -2.51. The number of unbranched alkanes of at least 4 members (excludes halogenated alkanes) is 2. The van der Waals surface area contributed by atoms with Crippen LogP contribution >= 0.6 is 0 Å². The van der Waals surface area contributed by atoms with Crippen molar-refractivity contribution >= 4 is 5.97 Å². The van der Waals surface area contributed by atoms with Gasteiger partial charge in [-0.25, -0.2) is 0 Å². The number of piperidine rings is 4. The third-order valence-electron chi connectivity index (χ3n) is 5.87. The normalized spacial score (nSPS) is 32.1. The van der Waals surface area contributed by atoms with E-state index in [9.17, 15) is 4.79 Å². The quantitative estimate of drug-likeness (QED) is 0.570. The summed E-state index contributed by atoms with van der Waals surface area (Å²) in [6.07, 6.45) is 8.71. The largest absolute Gasteiger partial charge is 0.461 e. The van der Waals surface area contributed by atoms with Crippen LogP contribution < -0.4 is 5.73 Å². The van der Waals surface area contributed by atoms with Crippen molar-refractivity contribution in [2.75, 3.05) is 39.3 Å². The zero-order chi connectivity index (χ0) is 16.1. The summed E-state index contributed by atoms with van der Waals surface area (Å²) in [6.45, 7) is 6.79. The third kappa shape index (κ3) is 5.16. The van der Waals surface area contributed by atoms with Crippen LogP contribution in [0.5, 0.6) is 0 Å².